The second-order valence-corrected chi connectivity index (χ2v) is 13.7. The van der Waals surface area contributed by atoms with E-state index in [9.17, 15) is 14.7 Å². The number of hydrogen-bond donors (Lipinski definition) is 1. The van der Waals surface area contributed by atoms with Crippen molar-refractivity contribution in [3.8, 4) is 5.75 Å². The topological polar surface area (TPSA) is 70.1 Å². The van der Waals surface area contributed by atoms with Crippen LogP contribution in [0.3, 0.4) is 0 Å². The molecular weight excluding hydrogens is 490 g/mol. The summed E-state index contributed by atoms with van der Waals surface area (Å²) in [7, 11) is 6.55. The molecule has 0 saturated carbocycles. The zero-order valence-corrected chi connectivity index (χ0v) is 25.7. The zero-order valence-electron chi connectivity index (χ0n) is 25.7. The van der Waals surface area contributed by atoms with Crippen molar-refractivity contribution in [2.24, 2.45) is 11.3 Å². The summed E-state index contributed by atoms with van der Waals surface area (Å²) in [5.74, 6) is -0.399. The van der Waals surface area contributed by atoms with Gasteiger partial charge in [-0.3, -0.25) is 14.5 Å². The van der Waals surface area contributed by atoms with E-state index in [0.717, 1.165) is 85.9 Å². The van der Waals surface area contributed by atoms with E-state index in [4.69, 9.17) is 4.74 Å². The van der Waals surface area contributed by atoms with Crippen molar-refractivity contribution < 1.29 is 23.9 Å². The molecule has 1 fully saturated rings. The lowest BCUT2D eigenvalue weighted by molar-refractivity contribution is -0.870. The zero-order chi connectivity index (χ0) is 28.8. The maximum atomic E-state index is 13.8. The molecule has 1 aromatic rings. The Balaban J connectivity index is 1.87. The largest absolute Gasteiger partial charge is 0.493 e. The number of carbonyl (C=O) groups excluding carboxylic acids is 1. The average molecular weight is 545 g/mol. The number of aliphatic carboxylic acids is 1. The van der Waals surface area contributed by atoms with E-state index >= 15 is 0 Å². The summed E-state index contributed by atoms with van der Waals surface area (Å²) in [6, 6.07) is 6.02. The van der Waals surface area contributed by atoms with E-state index in [-0.39, 0.29) is 29.8 Å². The fourth-order valence-corrected chi connectivity index (χ4v) is 6.59. The van der Waals surface area contributed by atoms with Crippen molar-refractivity contribution in [2.45, 2.75) is 84.6 Å². The van der Waals surface area contributed by atoms with Crippen molar-refractivity contribution in [3.63, 3.8) is 0 Å². The summed E-state index contributed by atoms with van der Waals surface area (Å²) in [6.07, 6.45) is 6.72. The molecule has 0 spiro atoms. The van der Waals surface area contributed by atoms with Crippen molar-refractivity contribution in [2.75, 3.05) is 60.5 Å². The monoisotopic (exact) mass is 544 g/mol. The number of carboxylic acid groups (broad SMARTS) is 1. The minimum absolute atomic E-state index is 0.00159. The predicted octanol–water partition coefficient (Wildman–Crippen LogP) is 5.03. The van der Waals surface area contributed by atoms with Gasteiger partial charge in [0.1, 0.15) is 5.75 Å². The van der Waals surface area contributed by atoms with Gasteiger partial charge >= 0.3 is 5.97 Å². The van der Waals surface area contributed by atoms with Crippen molar-refractivity contribution in [1.82, 2.24) is 9.80 Å². The van der Waals surface area contributed by atoms with Gasteiger partial charge in [0.05, 0.1) is 46.8 Å². The standard InChI is InChI=1S/C32H53N3O4/c1-8-10-16-33(17-11-18-35(5,6)7)29(36)23-34-22-26(24-12-13-28-25(20-24)14-19-39-28)30(31(37)38)27(34)21-32(3,4)15-9-2/h12-13,20,26-27,30H,8-11,14-19,21-23H2,1-7H3/p+1/t26-,27+,30-/m1/s1. The van der Waals surface area contributed by atoms with Crippen LogP contribution in [-0.2, 0) is 16.0 Å². The van der Waals surface area contributed by atoms with Gasteiger partial charge in [-0.15, -0.1) is 0 Å². The van der Waals surface area contributed by atoms with E-state index in [1.165, 1.54) is 0 Å². The number of carbonyl (C=O) groups is 2. The summed E-state index contributed by atoms with van der Waals surface area (Å²) in [5.41, 5.74) is 2.23. The number of carboxylic acids is 1. The molecule has 3 rings (SSSR count). The van der Waals surface area contributed by atoms with E-state index in [1.54, 1.807) is 0 Å². The first kappa shape index (κ1) is 31.4. The lowest BCUT2D eigenvalue weighted by atomic mass is 9.76. The van der Waals surface area contributed by atoms with Gasteiger partial charge in [-0.2, -0.15) is 0 Å². The lowest BCUT2D eigenvalue weighted by Gasteiger charge is -2.35. The fraction of sp³-hybridized carbons (Fsp3) is 0.750. The van der Waals surface area contributed by atoms with Crippen LogP contribution < -0.4 is 4.74 Å². The first-order valence-corrected chi connectivity index (χ1v) is 15.2. The SMILES string of the molecule is CCCCN(CCC[N+](C)(C)C)C(=O)CN1C[C@H](c2ccc3c(c2)CCO3)[C@@H](C(=O)O)[C@@H]1CC(C)(C)CCC. The maximum absolute atomic E-state index is 13.8. The van der Waals surface area contributed by atoms with E-state index in [2.05, 4.69) is 59.8 Å². The third-order valence-corrected chi connectivity index (χ3v) is 8.59. The van der Waals surface area contributed by atoms with Crippen LogP contribution in [0.25, 0.3) is 0 Å². The summed E-state index contributed by atoms with van der Waals surface area (Å²) in [6.45, 7) is 12.9. The normalized spacial score (nSPS) is 21.6. The number of likely N-dealkylation sites (tertiary alicyclic amines) is 1. The van der Waals surface area contributed by atoms with Gasteiger partial charge in [-0.25, -0.2) is 0 Å². The summed E-state index contributed by atoms with van der Waals surface area (Å²) in [5, 5.41) is 10.6. The van der Waals surface area contributed by atoms with Gasteiger partial charge in [0.25, 0.3) is 0 Å². The number of quaternary nitrogens is 1. The second kappa shape index (κ2) is 13.5. The molecule has 3 atom stereocenters. The predicted molar refractivity (Wildman–Crippen MR) is 157 cm³/mol. The molecule has 2 aliphatic heterocycles. The molecule has 0 aromatic heterocycles. The summed E-state index contributed by atoms with van der Waals surface area (Å²) >= 11 is 0. The molecule has 39 heavy (non-hydrogen) atoms. The highest BCUT2D eigenvalue weighted by Crippen LogP contribution is 2.44. The Bertz CT molecular complexity index is 971. The Kier molecular flexibility index (Phi) is 10.9. The van der Waals surface area contributed by atoms with Crippen LogP contribution in [0.2, 0.25) is 0 Å². The van der Waals surface area contributed by atoms with E-state index < -0.39 is 11.9 Å². The first-order valence-electron chi connectivity index (χ1n) is 15.2. The summed E-state index contributed by atoms with van der Waals surface area (Å²) in [4.78, 5) is 30.9. The molecule has 0 radical (unpaired) electrons. The molecule has 0 bridgehead atoms. The molecular formula is C32H54N3O4+. The number of rotatable bonds is 15. The number of unbranched alkanes of at least 4 members (excludes halogenated alkanes) is 1. The molecule has 0 unspecified atom stereocenters. The number of fused-ring (bicyclic) bond motifs is 1. The molecule has 2 heterocycles. The lowest BCUT2D eigenvalue weighted by Crippen LogP contribution is -2.46. The Hall–Kier alpha value is -2.12. The Labute approximate surface area is 237 Å². The number of ether oxygens (including phenoxy) is 1. The van der Waals surface area contributed by atoms with Crippen LogP contribution >= 0.6 is 0 Å². The average Bonchev–Trinajstić information content (AvgIpc) is 3.44. The minimum Gasteiger partial charge on any atom is -0.493 e. The van der Waals surface area contributed by atoms with Crippen LogP contribution in [0.1, 0.15) is 83.3 Å². The maximum Gasteiger partial charge on any atom is 0.308 e. The molecule has 7 nitrogen and oxygen atoms in total. The quantitative estimate of drug-likeness (QED) is 0.314. The first-order chi connectivity index (χ1) is 18.3. The molecule has 1 N–H and O–H groups in total. The molecule has 1 amide bonds. The second-order valence-electron chi connectivity index (χ2n) is 13.7. The van der Waals surface area contributed by atoms with Crippen LogP contribution in [0.5, 0.6) is 5.75 Å². The number of benzene rings is 1. The highest BCUT2D eigenvalue weighted by molar-refractivity contribution is 5.79. The Morgan fingerprint density at radius 1 is 1.13 bits per heavy atom. The van der Waals surface area contributed by atoms with Gasteiger partial charge in [0.2, 0.25) is 5.91 Å². The molecule has 1 aromatic carbocycles. The highest BCUT2D eigenvalue weighted by Gasteiger charge is 2.48. The number of nitrogens with zero attached hydrogens (tertiary/aromatic N) is 3. The van der Waals surface area contributed by atoms with Gasteiger partial charge in [0.15, 0.2) is 0 Å². The molecule has 0 aliphatic carbocycles. The smallest absolute Gasteiger partial charge is 0.308 e. The van der Waals surface area contributed by atoms with Gasteiger partial charge < -0.3 is 19.2 Å². The van der Waals surface area contributed by atoms with Crippen molar-refractivity contribution in [3.05, 3.63) is 29.3 Å². The highest BCUT2D eigenvalue weighted by atomic mass is 16.5. The number of hydrogen-bond acceptors (Lipinski definition) is 4. The molecule has 2 aliphatic rings. The van der Waals surface area contributed by atoms with Gasteiger partial charge in [-0.05, 0) is 41.9 Å². The van der Waals surface area contributed by atoms with Crippen LogP contribution in [0.4, 0.5) is 0 Å². The van der Waals surface area contributed by atoms with E-state index in [0.29, 0.717) is 13.2 Å². The van der Waals surface area contributed by atoms with E-state index in [1.807, 2.05) is 17.0 Å². The van der Waals surface area contributed by atoms with Crippen molar-refractivity contribution in [1.29, 1.82) is 0 Å². The van der Waals surface area contributed by atoms with Crippen LogP contribution in [-0.4, -0.2) is 97.8 Å². The minimum atomic E-state index is -0.755. The van der Waals surface area contributed by atoms with Gasteiger partial charge in [0, 0.05) is 44.4 Å². The van der Waals surface area contributed by atoms with Crippen molar-refractivity contribution >= 4 is 11.9 Å². The summed E-state index contributed by atoms with van der Waals surface area (Å²) < 4.78 is 6.59. The number of amides is 1. The van der Waals surface area contributed by atoms with Gasteiger partial charge in [-0.1, -0.05) is 52.7 Å². The third-order valence-electron chi connectivity index (χ3n) is 8.59. The Morgan fingerprint density at radius 3 is 2.49 bits per heavy atom. The Morgan fingerprint density at radius 2 is 1.85 bits per heavy atom. The molecule has 220 valence electrons. The van der Waals surface area contributed by atoms with Crippen LogP contribution in [0.15, 0.2) is 18.2 Å². The third kappa shape index (κ3) is 8.68. The molecule has 7 heteroatoms. The van der Waals surface area contributed by atoms with Crippen LogP contribution in [0, 0.1) is 11.3 Å². The fourth-order valence-electron chi connectivity index (χ4n) is 6.59. The molecule has 1 saturated heterocycles.